The van der Waals surface area contributed by atoms with Crippen LogP contribution in [0.15, 0.2) is 42.5 Å². The summed E-state index contributed by atoms with van der Waals surface area (Å²) in [4.78, 5) is 44.2. The van der Waals surface area contributed by atoms with E-state index in [1.54, 1.807) is 6.07 Å². The highest BCUT2D eigenvalue weighted by Crippen LogP contribution is 2.31. The third kappa shape index (κ3) is 7.77. The highest BCUT2D eigenvalue weighted by molar-refractivity contribution is 6.07. The Labute approximate surface area is 256 Å². The Morgan fingerprint density at radius 3 is 2.12 bits per heavy atom. The normalized spacial score (nSPS) is 21.8. The first kappa shape index (κ1) is 31.0. The number of benzene rings is 2. The molecule has 5 rings (SSSR count). The van der Waals surface area contributed by atoms with Crippen molar-refractivity contribution in [3.63, 3.8) is 0 Å². The summed E-state index contributed by atoms with van der Waals surface area (Å²) in [6, 6.07) is 13.6. The summed E-state index contributed by atoms with van der Waals surface area (Å²) < 4.78 is 0. The molecule has 3 aliphatic rings. The van der Waals surface area contributed by atoms with Crippen LogP contribution in [0.3, 0.4) is 0 Å². The highest BCUT2D eigenvalue weighted by Gasteiger charge is 2.29. The number of anilines is 2. The van der Waals surface area contributed by atoms with Gasteiger partial charge < -0.3 is 26.2 Å². The largest absolute Gasteiger partial charge is 0.368 e. The van der Waals surface area contributed by atoms with Gasteiger partial charge in [0.15, 0.2) is 0 Å². The summed E-state index contributed by atoms with van der Waals surface area (Å²) in [5.41, 5.74) is 9.78. The molecule has 2 aliphatic carbocycles. The van der Waals surface area contributed by atoms with Crippen molar-refractivity contribution in [2.75, 3.05) is 36.4 Å². The van der Waals surface area contributed by atoms with E-state index in [2.05, 4.69) is 36.3 Å². The van der Waals surface area contributed by atoms with Crippen LogP contribution in [0.2, 0.25) is 0 Å². The molecular formula is C35H49N5O3. The lowest BCUT2D eigenvalue weighted by molar-refractivity contribution is -0.135. The first-order valence-electron chi connectivity index (χ1n) is 16.2. The zero-order valence-electron chi connectivity index (χ0n) is 26.2. The van der Waals surface area contributed by atoms with Crippen molar-refractivity contribution in [2.24, 2.45) is 11.7 Å². The van der Waals surface area contributed by atoms with Crippen molar-refractivity contribution >= 4 is 29.1 Å². The fourth-order valence-corrected chi connectivity index (χ4v) is 6.71. The summed E-state index contributed by atoms with van der Waals surface area (Å²) >= 11 is 0. The van der Waals surface area contributed by atoms with Gasteiger partial charge in [-0.3, -0.25) is 14.4 Å². The Kier molecular flexibility index (Phi) is 9.75. The molecule has 0 bridgehead atoms. The number of hydrogen-bond acceptors (Lipinski definition) is 5. The van der Waals surface area contributed by atoms with Gasteiger partial charge in [0.1, 0.15) is 0 Å². The third-order valence-electron chi connectivity index (χ3n) is 9.48. The molecule has 2 aromatic carbocycles. The van der Waals surface area contributed by atoms with Crippen LogP contribution in [-0.4, -0.2) is 60.9 Å². The summed E-state index contributed by atoms with van der Waals surface area (Å²) in [6.07, 6.45) is 8.73. The lowest BCUT2D eigenvalue weighted by atomic mass is 9.86. The predicted octanol–water partition coefficient (Wildman–Crippen LogP) is 5.47. The molecule has 1 heterocycles. The van der Waals surface area contributed by atoms with Gasteiger partial charge in [-0.1, -0.05) is 45.7 Å². The second-order valence-corrected chi connectivity index (χ2v) is 13.7. The number of carbonyl (C=O) groups excluding carboxylic acids is 3. The average molecular weight is 588 g/mol. The van der Waals surface area contributed by atoms with Crippen LogP contribution < -0.4 is 21.3 Å². The van der Waals surface area contributed by atoms with Crippen molar-refractivity contribution in [3.05, 3.63) is 59.2 Å². The Morgan fingerprint density at radius 2 is 1.44 bits per heavy atom. The van der Waals surface area contributed by atoms with E-state index < -0.39 is 0 Å². The molecule has 3 amide bonds. The van der Waals surface area contributed by atoms with Crippen LogP contribution in [0.5, 0.6) is 0 Å². The Hall–Kier alpha value is -3.39. The summed E-state index contributed by atoms with van der Waals surface area (Å²) in [7, 11) is 0. The van der Waals surface area contributed by atoms with Crippen molar-refractivity contribution in [3.8, 4) is 0 Å². The fourth-order valence-electron chi connectivity index (χ4n) is 6.71. The van der Waals surface area contributed by atoms with Gasteiger partial charge in [-0.15, -0.1) is 0 Å². The molecule has 8 heteroatoms. The number of nitrogens with zero attached hydrogens (tertiary/aromatic N) is 2. The summed E-state index contributed by atoms with van der Waals surface area (Å²) in [5.74, 6) is 0.112. The first-order valence-corrected chi connectivity index (χ1v) is 16.2. The smallest absolute Gasteiger partial charge is 0.255 e. The van der Waals surface area contributed by atoms with Crippen molar-refractivity contribution in [1.82, 2.24) is 10.2 Å². The number of rotatable bonds is 6. The standard InChI is InChI=1S/C35H49N5O3/c1-35(2,3)27-12-9-24(10-13-27)32(41)38-30-23-26(33(42)37-29-16-14-28(36)15-17-29)11-18-31(30)39-19-6-20-40(22-21-39)34(43)25-7-4-5-8-25/h9-13,18,23,25,28-29H,4-8,14-17,19-22,36H2,1-3H3,(H,37,42)(H,38,41). The zero-order valence-corrected chi connectivity index (χ0v) is 26.2. The Morgan fingerprint density at radius 1 is 0.767 bits per heavy atom. The molecule has 4 N–H and O–H groups in total. The van der Waals surface area contributed by atoms with Crippen LogP contribution in [0.25, 0.3) is 0 Å². The van der Waals surface area contributed by atoms with Crippen LogP contribution in [0.4, 0.5) is 11.4 Å². The second kappa shape index (κ2) is 13.5. The van der Waals surface area contributed by atoms with E-state index in [4.69, 9.17) is 5.73 Å². The molecule has 2 aromatic rings. The van der Waals surface area contributed by atoms with Crippen molar-refractivity contribution < 1.29 is 14.4 Å². The van der Waals surface area contributed by atoms with Gasteiger partial charge in [-0.2, -0.15) is 0 Å². The molecule has 0 unspecified atom stereocenters. The number of nitrogens with one attached hydrogen (secondary N) is 2. The summed E-state index contributed by atoms with van der Waals surface area (Å²) in [6.45, 7) is 9.30. The van der Waals surface area contributed by atoms with Crippen LogP contribution in [0.1, 0.15) is 105 Å². The Bertz CT molecular complexity index is 1290. The second-order valence-electron chi connectivity index (χ2n) is 13.7. The minimum absolute atomic E-state index is 0.00688. The molecule has 1 saturated heterocycles. The lowest BCUT2D eigenvalue weighted by Crippen LogP contribution is -2.40. The minimum Gasteiger partial charge on any atom is -0.368 e. The van der Waals surface area contributed by atoms with E-state index >= 15 is 0 Å². The molecule has 0 aromatic heterocycles. The first-order chi connectivity index (χ1) is 20.6. The van der Waals surface area contributed by atoms with Crippen molar-refractivity contribution in [2.45, 2.75) is 96.1 Å². The van der Waals surface area contributed by atoms with E-state index in [1.807, 2.05) is 41.3 Å². The quantitative estimate of drug-likeness (QED) is 0.416. The van der Waals surface area contributed by atoms with Crippen molar-refractivity contribution in [1.29, 1.82) is 0 Å². The van der Waals surface area contributed by atoms with Gasteiger partial charge in [0.2, 0.25) is 5.91 Å². The molecule has 8 nitrogen and oxygen atoms in total. The van der Waals surface area contributed by atoms with Gasteiger partial charge in [0, 0.05) is 55.3 Å². The molecule has 0 spiro atoms. The van der Waals surface area contributed by atoms with E-state index in [-0.39, 0.29) is 35.2 Å². The van der Waals surface area contributed by atoms with Gasteiger partial charge in [0.25, 0.3) is 11.8 Å². The maximum absolute atomic E-state index is 13.5. The van der Waals surface area contributed by atoms with Crippen LogP contribution in [-0.2, 0) is 10.2 Å². The Balaban J connectivity index is 1.36. The highest BCUT2D eigenvalue weighted by atomic mass is 16.2. The third-order valence-corrected chi connectivity index (χ3v) is 9.48. The van der Waals surface area contributed by atoms with Gasteiger partial charge >= 0.3 is 0 Å². The van der Waals surface area contributed by atoms with E-state index in [0.29, 0.717) is 35.8 Å². The van der Waals surface area contributed by atoms with Crippen LogP contribution >= 0.6 is 0 Å². The number of hydrogen-bond donors (Lipinski definition) is 3. The molecular weight excluding hydrogens is 538 g/mol. The topological polar surface area (TPSA) is 108 Å². The van der Waals surface area contributed by atoms with E-state index in [1.165, 1.54) is 0 Å². The number of amides is 3. The average Bonchev–Trinajstić information content (AvgIpc) is 3.42. The molecule has 2 saturated carbocycles. The fraction of sp³-hybridized carbons (Fsp3) is 0.571. The number of nitrogens with two attached hydrogens (primary N) is 1. The summed E-state index contributed by atoms with van der Waals surface area (Å²) in [5, 5.41) is 6.31. The molecule has 43 heavy (non-hydrogen) atoms. The number of carbonyl (C=O) groups is 3. The maximum Gasteiger partial charge on any atom is 0.255 e. The maximum atomic E-state index is 13.5. The SMILES string of the molecule is CC(C)(C)c1ccc(C(=O)Nc2cc(C(=O)NC3CCC(N)CC3)ccc2N2CCCN(C(=O)C3CCCC3)CC2)cc1. The van der Waals surface area contributed by atoms with Gasteiger partial charge in [-0.25, -0.2) is 0 Å². The predicted molar refractivity (Wildman–Crippen MR) is 173 cm³/mol. The minimum atomic E-state index is -0.214. The molecule has 0 radical (unpaired) electrons. The van der Waals surface area contributed by atoms with Crippen LogP contribution in [0, 0.1) is 5.92 Å². The van der Waals surface area contributed by atoms with Gasteiger partial charge in [-0.05, 0) is 86.3 Å². The molecule has 232 valence electrons. The van der Waals surface area contributed by atoms with E-state index in [9.17, 15) is 14.4 Å². The van der Waals surface area contributed by atoms with E-state index in [0.717, 1.165) is 82.1 Å². The van der Waals surface area contributed by atoms with Gasteiger partial charge in [0.05, 0.1) is 11.4 Å². The molecule has 3 fully saturated rings. The molecule has 1 aliphatic heterocycles. The molecule has 0 atom stereocenters. The monoisotopic (exact) mass is 587 g/mol. The zero-order chi connectivity index (χ0) is 30.6. The lowest BCUT2D eigenvalue weighted by Gasteiger charge is -2.28.